The predicted molar refractivity (Wildman–Crippen MR) is 48.0 cm³/mol. The van der Waals surface area contributed by atoms with Crippen molar-refractivity contribution >= 4 is 6.08 Å². The minimum absolute atomic E-state index is 0.588. The Morgan fingerprint density at radius 2 is 1.82 bits per heavy atom. The molecule has 1 aliphatic rings. The van der Waals surface area contributed by atoms with Crippen molar-refractivity contribution < 1.29 is 0 Å². The van der Waals surface area contributed by atoms with Crippen molar-refractivity contribution in [2.75, 3.05) is 0 Å². The number of allylic oxidation sites excluding steroid dienone is 1. The van der Waals surface area contributed by atoms with Gasteiger partial charge in [0, 0.05) is 0 Å². The zero-order valence-electron chi connectivity index (χ0n) is 6.62. The third-order valence-electron chi connectivity index (χ3n) is 2.02. The van der Waals surface area contributed by atoms with Gasteiger partial charge in [0.2, 0.25) is 0 Å². The standard InChI is InChI=1S/C11H11/c1-9-6-7-10-4-2-3-5-11(10)8-9/h2-9H,1H3. The molecule has 0 fully saturated rings. The summed E-state index contributed by atoms with van der Waals surface area (Å²) in [5.74, 6) is 0.588. The van der Waals surface area contributed by atoms with E-state index in [4.69, 9.17) is 0 Å². The fraction of sp³-hybridized carbons (Fsp3) is 0.182. The molecule has 0 saturated heterocycles. The summed E-state index contributed by atoms with van der Waals surface area (Å²) in [6.07, 6.45) is 6.71. The Kier molecular flexibility index (Phi) is 1.54. The summed E-state index contributed by atoms with van der Waals surface area (Å²) in [5, 5.41) is 0. The smallest absolute Gasteiger partial charge is 0.00210 e. The molecule has 0 aromatic heterocycles. The van der Waals surface area contributed by atoms with E-state index < -0.39 is 0 Å². The Hall–Kier alpha value is -1.04. The Bertz CT molecular complexity index is 284. The Balaban J connectivity index is 2.46. The van der Waals surface area contributed by atoms with Crippen LogP contribution in [-0.2, 0) is 0 Å². The molecule has 1 aromatic carbocycles. The first-order valence-corrected chi connectivity index (χ1v) is 3.98. The SMILES string of the molecule is CC1[CH]c2ccccc2C=C1. The van der Waals surface area contributed by atoms with E-state index in [-0.39, 0.29) is 0 Å². The van der Waals surface area contributed by atoms with Gasteiger partial charge < -0.3 is 0 Å². The average Bonchev–Trinajstić information content (AvgIpc) is 2.04. The van der Waals surface area contributed by atoms with Gasteiger partial charge in [0.05, 0.1) is 0 Å². The van der Waals surface area contributed by atoms with E-state index in [1.54, 1.807) is 0 Å². The monoisotopic (exact) mass is 143 g/mol. The molecule has 1 unspecified atom stereocenters. The fourth-order valence-electron chi connectivity index (χ4n) is 1.41. The molecule has 11 heavy (non-hydrogen) atoms. The van der Waals surface area contributed by atoms with Gasteiger partial charge in [-0.15, -0.1) is 0 Å². The minimum atomic E-state index is 0.588. The second kappa shape index (κ2) is 2.54. The molecule has 1 aliphatic carbocycles. The highest BCUT2D eigenvalue weighted by molar-refractivity contribution is 5.59. The van der Waals surface area contributed by atoms with Crippen molar-refractivity contribution in [1.82, 2.24) is 0 Å². The first-order chi connectivity index (χ1) is 5.36. The largest absolute Gasteiger partial charge is 0.0805 e. The zero-order valence-corrected chi connectivity index (χ0v) is 6.62. The number of fused-ring (bicyclic) bond motifs is 1. The lowest BCUT2D eigenvalue weighted by Crippen LogP contribution is -1.99. The summed E-state index contributed by atoms with van der Waals surface area (Å²) < 4.78 is 0. The van der Waals surface area contributed by atoms with E-state index in [1.165, 1.54) is 11.1 Å². The zero-order chi connectivity index (χ0) is 7.68. The van der Waals surface area contributed by atoms with E-state index in [9.17, 15) is 0 Å². The van der Waals surface area contributed by atoms with Gasteiger partial charge in [0.25, 0.3) is 0 Å². The molecular formula is C11H11. The van der Waals surface area contributed by atoms with E-state index in [0.29, 0.717) is 5.92 Å². The van der Waals surface area contributed by atoms with E-state index in [0.717, 1.165) is 0 Å². The minimum Gasteiger partial charge on any atom is -0.0805 e. The van der Waals surface area contributed by atoms with Gasteiger partial charge in [0.15, 0.2) is 0 Å². The summed E-state index contributed by atoms with van der Waals surface area (Å²) >= 11 is 0. The van der Waals surface area contributed by atoms with Gasteiger partial charge in [-0.2, -0.15) is 0 Å². The molecule has 0 aliphatic heterocycles. The molecule has 0 bridgehead atoms. The van der Waals surface area contributed by atoms with Crippen molar-refractivity contribution in [2.24, 2.45) is 5.92 Å². The Morgan fingerprint density at radius 1 is 1.09 bits per heavy atom. The van der Waals surface area contributed by atoms with Gasteiger partial charge >= 0.3 is 0 Å². The Labute approximate surface area is 67.6 Å². The second-order valence-corrected chi connectivity index (χ2v) is 3.01. The van der Waals surface area contributed by atoms with Crippen LogP contribution in [0.1, 0.15) is 18.1 Å². The quantitative estimate of drug-likeness (QED) is 0.524. The van der Waals surface area contributed by atoms with Gasteiger partial charge in [-0.1, -0.05) is 43.3 Å². The fourth-order valence-corrected chi connectivity index (χ4v) is 1.41. The second-order valence-electron chi connectivity index (χ2n) is 3.01. The summed E-state index contributed by atoms with van der Waals surface area (Å²) in [6, 6.07) is 8.47. The molecule has 0 spiro atoms. The number of hydrogen-bond donors (Lipinski definition) is 0. The maximum Gasteiger partial charge on any atom is -0.00210 e. The molecule has 0 heteroatoms. The van der Waals surface area contributed by atoms with Crippen molar-refractivity contribution in [2.45, 2.75) is 6.92 Å². The molecule has 0 nitrogen and oxygen atoms in total. The molecule has 2 rings (SSSR count). The van der Waals surface area contributed by atoms with Crippen LogP contribution in [-0.4, -0.2) is 0 Å². The molecule has 0 N–H and O–H groups in total. The van der Waals surface area contributed by atoms with Crippen LogP contribution >= 0.6 is 0 Å². The molecule has 1 atom stereocenters. The number of hydrogen-bond acceptors (Lipinski definition) is 0. The molecule has 0 amide bonds. The first kappa shape index (κ1) is 6.66. The lowest BCUT2D eigenvalue weighted by atomic mass is 9.91. The van der Waals surface area contributed by atoms with E-state index >= 15 is 0 Å². The summed E-state index contributed by atoms with van der Waals surface area (Å²) in [5.41, 5.74) is 2.70. The first-order valence-electron chi connectivity index (χ1n) is 3.98. The predicted octanol–water partition coefficient (Wildman–Crippen LogP) is 2.90. The van der Waals surface area contributed by atoms with Crippen LogP contribution in [0.2, 0.25) is 0 Å². The van der Waals surface area contributed by atoms with Crippen molar-refractivity contribution in [3.8, 4) is 0 Å². The summed E-state index contributed by atoms with van der Waals surface area (Å²) in [4.78, 5) is 0. The van der Waals surface area contributed by atoms with Crippen LogP contribution in [0, 0.1) is 12.3 Å². The van der Waals surface area contributed by atoms with Gasteiger partial charge in [-0.3, -0.25) is 0 Å². The topological polar surface area (TPSA) is 0 Å². The highest BCUT2D eigenvalue weighted by atomic mass is 14.1. The highest BCUT2D eigenvalue weighted by Gasteiger charge is 2.07. The van der Waals surface area contributed by atoms with E-state index in [2.05, 4.69) is 49.8 Å². The van der Waals surface area contributed by atoms with Gasteiger partial charge in [0.1, 0.15) is 0 Å². The van der Waals surface area contributed by atoms with Crippen LogP contribution in [0.3, 0.4) is 0 Å². The van der Waals surface area contributed by atoms with Crippen LogP contribution < -0.4 is 0 Å². The normalized spacial score (nSPS) is 21.4. The molecule has 0 saturated carbocycles. The third kappa shape index (κ3) is 1.21. The van der Waals surface area contributed by atoms with Gasteiger partial charge in [-0.25, -0.2) is 0 Å². The number of rotatable bonds is 0. The molecule has 55 valence electrons. The number of benzene rings is 1. The maximum absolute atomic E-state index is 2.29. The molecular weight excluding hydrogens is 132 g/mol. The molecule has 1 radical (unpaired) electrons. The van der Waals surface area contributed by atoms with Crippen LogP contribution in [0.25, 0.3) is 6.08 Å². The molecule has 1 aromatic rings. The van der Waals surface area contributed by atoms with E-state index in [1.807, 2.05) is 0 Å². The van der Waals surface area contributed by atoms with Crippen molar-refractivity contribution in [1.29, 1.82) is 0 Å². The summed E-state index contributed by atoms with van der Waals surface area (Å²) in [7, 11) is 0. The summed E-state index contributed by atoms with van der Waals surface area (Å²) in [6.45, 7) is 2.20. The maximum atomic E-state index is 2.29. The van der Waals surface area contributed by atoms with Crippen LogP contribution in [0.4, 0.5) is 0 Å². The third-order valence-corrected chi connectivity index (χ3v) is 2.02. The van der Waals surface area contributed by atoms with Crippen LogP contribution in [0.15, 0.2) is 30.3 Å². The van der Waals surface area contributed by atoms with Crippen LogP contribution in [0.5, 0.6) is 0 Å². The highest BCUT2D eigenvalue weighted by Crippen LogP contribution is 2.23. The lowest BCUT2D eigenvalue weighted by molar-refractivity contribution is 0.868. The Morgan fingerprint density at radius 3 is 2.64 bits per heavy atom. The van der Waals surface area contributed by atoms with Gasteiger partial charge in [-0.05, 0) is 23.5 Å². The lowest BCUT2D eigenvalue weighted by Gasteiger charge is -2.14. The molecule has 0 heterocycles. The van der Waals surface area contributed by atoms with Crippen molar-refractivity contribution in [3.05, 3.63) is 47.9 Å². The average molecular weight is 143 g/mol. The van der Waals surface area contributed by atoms with Crippen molar-refractivity contribution in [3.63, 3.8) is 0 Å².